The zero-order valence-electron chi connectivity index (χ0n) is 18.8. The molecule has 0 aliphatic heterocycles. The molecule has 2 heterocycles. The van der Waals surface area contributed by atoms with Gasteiger partial charge >= 0.3 is 0 Å². The summed E-state index contributed by atoms with van der Waals surface area (Å²) in [5, 5.41) is 19.2. The van der Waals surface area contributed by atoms with Crippen LogP contribution in [0.15, 0.2) is 60.9 Å². The number of ether oxygens (including phenoxy) is 1. The molecule has 4 rings (SSSR count). The monoisotopic (exact) mass is 480 g/mol. The van der Waals surface area contributed by atoms with Gasteiger partial charge in [0.2, 0.25) is 0 Å². The Morgan fingerprint density at radius 2 is 1.94 bits per heavy atom. The van der Waals surface area contributed by atoms with Crippen molar-refractivity contribution < 1.29 is 9.13 Å². The molecule has 3 N–H and O–H groups in total. The fourth-order valence-electron chi connectivity index (χ4n) is 3.50. The number of nitrogens with zero attached hydrogens (tertiary/aromatic N) is 3. The van der Waals surface area contributed by atoms with E-state index in [-0.39, 0.29) is 0 Å². The minimum absolute atomic E-state index is 0.293. The van der Waals surface area contributed by atoms with Crippen molar-refractivity contribution in [3.05, 3.63) is 71.8 Å². The van der Waals surface area contributed by atoms with Crippen molar-refractivity contribution in [2.75, 3.05) is 38.6 Å². The highest BCUT2D eigenvalue weighted by Gasteiger charge is 2.10. The number of hydrogen-bond acceptors (Lipinski definition) is 7. The molecule has 0 radical (unpaired) electrons. The third-order valence-electron chi connectivity index (χ3n) is 5.18. The number of hydrogen-bond donors (Lipinski definition) is 3. The van der Waals surface area contributed by atoms with Gasteiger partial charge in [0, 0.05) is 40.5 Å². The number of fused-ring (bicyclic) bond motifs is 1. The molecule has 0 amide bonds. The van der Waals surface area contributed by atoms with Gasteiger partial charge in [0.1, 0.15) is 18.2 Å². The Morgan fingerprint density at radius 3 is 2.82 bits per heavy atom. The predicted octanol–water partition coefficient (Wildman–Crippen LogP) is 4.81. The Hall–Kier alpha value is -3.33. The Kier molecular flexibility index (Phi) is 8.19. The molecule has 7 nitrogen and oxygen atoms in total. The van der Waals surface area contributed by atoms with Crippen molar-refractivity contribution in [2.24, 2.45) is 0 Å². The maximum atomic E-state index is 14.3. The van der Waals surface area contributed by atoms with E-state index in [4.69, 9.17) is 16.3 Å². The van der Waals surface area contributed by atoms with Gasteiger partial charge in [0.05, 0.1) is 23.1 Å². The highest BCUT2D eigenvalue weighted by molar-refractivity contribution is 6.30. The minimum Gasteiger partial charge on any atom is -0.492 e. The van der Waals surface area contributed by atoms with Gasteiger partial charge in [-0.2, -0.15) is 10.2 Å². The number of rotatable bonds is 11. The lowest BCUT2D eigenvalue weighted by atomic mass is 10.1. The van der Waals surface area contributed by atoms with E-state index in [1.165, 1.54) is 18.2 Å². The second-order valence-corrected chi connectivity index (χ2v) is 8.11. The lowest BCUT2D eigenvalue weighted by Crippen LogP contribution is -2.24. The first-order valence-corrected chi connectivity index (χ1v) is 11.4. The van der Waals surface area contributed by atoms with Gasteiger partial charge in [0.15, 0.2) is 0 Å². The summed E-state index contributed by atoms with van der Waals surface area (Å²) >= 11 is 6.03. The molecule has 0 bridgehead atoms. The third-order valence-corrected chi connectivity index (χ3v) is 5.42. The standard InChI is InChI=1S/C25H26ClFN6O/c1-28-8-2-9-29-11-12-34-19-4-5-20-23(7-10-30-24(20)15-19)32-18-14-25(33-31-16-18)21-13-17(26)3-6-22(21)27/h3-7,10,13-16,28-29H,2,8-9,11-12H2,1H3,(H,30,32,33). The van der Waals surface area contributed by atoms with Crippen molar-refractivity contribution in [1.29, 1.82) is 0 Å². The van der Waals surface area contributed by atoms with Crippen molar-refractivity contribution in [3.63, 3.8) is 0 Å². The number of anilines is 2. The number of pyridine rings is 1. The molecular weight excluding hydrogens is 455 g/mol. The van der Waals surface area contributed by atoms with E-state index >= 15 is 0 Å². The first kappa shape index (κ1) is 23.8. The number of halogens is 2. The Bertz CT molecular complexity index is 1260. The Labute approximate surface area is 202 Å². The normalized spacial score (nSPS) is 11.0. The van der Waals surface area contributed by atoms with E-state index in [9.17, 15) is 4.39 Å². The summed E-state index contributed by atoms with van der Waals surface area (Å²) in [6, 6.07) is 13.8. The van der Waals surface area contributed by atoms with Gasteiger partial charge in [-0.25, -0.2) is 4.39 Å². The number of nitrogens with one attached hydrogen (secondary N) is 3. The van der Waals surface area contributed by atoms with E-state index in [0.29, 0.717) is 28.6 Å². The van der Waals surface area contributed by atoms with E-state index in [1.54, 1.807) is 18.5 Å². The van der Waals surface area contributed by atoms with Crippen LogP contribution in [-0.2, 0) is 0 Å². The van der Waals surface area contributed by atoms with Crippen LogP contribution in [0.25, 0.3) is 22.2 Å². The largest absolute Gasteiger partial charge is 0.492 e. The van der Waals surface area contributed by atoms with Crippen molar-refractivity contribution in [1.82, 2.24) is 25.8 Å². The lowest BCUT2D eigenvalue weighted by molar-refractivity contribution is 0.314. The van der Waals surface area contributed by atoms with Gasteiger partial charge in [0.25, 0.3) is 0 Å². The number of benzene rings is 2. The molecule has 4 aromatic rings. The topological polar surface area (TPSA) is 84.0 Å². The molecule has 176 valence electrons. The smallest absolute Gasteiger partial charge is 0.132 e. The predicted molar refractivity (Wildman–Crippen MR) is 134 cm³/mol. The number of aromatic nitrogens is 3. The first-order chi connectivity index (χ1) is 16.6. The summed E-state index contributed by atoms with van der Waals surface area (Å²) in [6.07, 6.45) is 4.39. The second-order valence-electron chi connectivity index (χ2n) is 7.67. The van der Waals surface area contributed by atoms with Crippen LogP contribution in [0.5, 0.6) is 5.75 Å². The highest BCUT2D eigenvalue weighted by atomic mass is 35.5. The molecule has 0 fully saturated rings. The maximum Gasteiger partial charge on any atom is 0.132 e. The van der Waals surface area contributed by atoms with Gasteiger partial charge in [-0.1, -0.05) is 11.6 Å². The van der Waals surface area contributed by atoms with Crippen LogP contribution in [0.3, 0.4) is 0 Å². The summed E-state index contributed by atoms with van der Waals surface area (Å²) in [7, 11) is 1.95. The van der Waals surface area contributed by atoms with Gasteiger partial charge in [-0.3, -0.25) is 4.98 Å². The van der Waals surface area contributed by atoms with Gasteiger partial charge < -0.3 is 20.7 Å². The lowest BCUT2D eigenvalue weighted by Gasteiger charge is -2.12. The fraction of sp³-hybridized carbons (Fsp3) is 0.240. The van der Waals surface area contributed by atoms with Crippen molar-refractivity contribution >= 4 is 33.9 Å². The van der Waals surface area contributed by atoms with Crippen LogP contribution < -0.4 is 20.7 Å². The summed E-state index contributed by atoms with van der Waals surface area (Å²) in [5.74, 6) is 0.351. The minimum atomic E-state index is -0.411. The van der Waals surface area contributed by atoms with Crippen LogP contribution in [-0.4, -0.2) is 48.5 Å². The SMILES string of the molecule is CNCCCNCCOc1ccc2c(Nc3cnnc(-c4cc(Cl)ccc4F)c3)ccnc2c1. The van der Waals surface area contributed by atoms with Gasteiger partial charge in [-0.05, 0) is 69.0 Å². The Morgan fingerprint density at radius 1 is 1.03 bits per heavy atom. The third kappa shape index (κ3) is 6.17. The molecule has 0 saturated heterocycles. The summed E-state index contributed by atoms with van der Waals surface area (Å²) < 4.78 is 20.1. The highest BCUT2D eigenvalue weighted by Crippen LogP contribution is 2.30. The van der Waals surface area contributed by atoms with Crippen LogP contribution in [0.2, 0.25) is 5.02 Å². The average Bonchev–Trinajstić information content (AvgIpc) is 2.85. The zero-order valence-corrected chi connectivity index (χ0v) is 19.6. The van der Waals surface area contributed by atoms with Crippen LogP contribution in [0.1, 0.15) is 6.42 Å². The molecule has 0 saturated carbocycles. The molecule has 2 aromatic heterocycles. The molecule has 0 aliphatic rings. The fourth-order valence-corrected chi connectivity index (χ4v) is 3.67. The van der Waals surface area contributed by atoms with Gasteiger partial charge in [-0.15, -0.1) is 0 Å². The molecule has 2 aromatic carbocycles. The molecule has 0 aliphatic carbocycles. The van der Waals surface area contributed by atoms with E-state index in [1.807, 2.05) is 31.3 Å². The van der Waals surface area contributed by atoms with Crippen molar-refractivity contribution in [2.45, 2.75) is 6.42 Å². The van der Waals surface area contributed by atoms with Crippen molar-refractivity contribution in [3.8, 4) is 17.0 Å². The average molecular weight is 481 g/mol. The molecule has 0 spiro atoms. The zero-order chi connectivity index (χ0) is 23.8. The molecular formula is C25H26ClFN6O. The van der Waals surface area contributed by atoms with E-state index in [2.05, 4.69) is 31.1 Å². The van der Waals surface area contributed by atoms with Crippen LogP contribution >= 0.6 is 11.6 Å². The molecule has 0 unspecified atom stereocenters. The molecule has 0 atom stereocenters. The second kappa shape index (κ2) is 11.7. The molecule has 34 heavy (non-hydrogen) atoms. The maximum absolute atomic E-state index is 14.3. The van der Waals surface area contributed by atoms with E-state index < -0.39 is 5.82 Å². The summed E-state index contributed by atoms with van der Waals surface area (Å²) in [4.78, 5) is 4.47. The van der Waals surface area contributed by atoms with E-state index in [0.717, 1.165) is 48.4 Å². The molecule has 9 heteroatoms. The first-order valence-electron chi connectivity index (χ1n) is 11.1. The summed E-state index contributed by atoms with van der Waals surface area (Å²) in [5.41, 5.74) is 2.99. The Balaban J connectivity index is 1.45. The summed E-state index contributed by atoms with van der Waals surface area (Å²) in [6.45, 7) is 3.30. The quantitative estimate of drug-likeness (QED) is 0.266. The van der Waals surface area contributed by atoms with Crippen LogP contribution in [0, 0.1) is 5.82 Å². The van der Waals surface area contributed by atoms with Crippen LogP contribution in [0.4, 0.5) is 15.8 Å².